The van der Waals surface area contributed by atoms with Gasteiger partial charge in [0.25, 0.3) is 0 Å². The first-order valence-corrected chi connectivity index (χ1v) is 6.32. The van der Waals surface area contributed by atoms with Gasteiger partial charge in [0.2, 0.25) is 5.91 Å². The Labute approximate surface area is 96.9 Å². The predicted octanol–water partition coefficient (Wildman–Crippen LogP) is 0.797. The first-order valence-electron chi connectivity index (χ1n) is 6.32. The summed E-state index contributed by atoms with van der Waals surface area (Å²) in [6, 6.07) is 0.672. The van der Waals surface area contributed by atoms with Gasteiger partial charge in [0.1, 0.15) is 0 Å². The van der Waals surface area contributed by atoms with Crippen molar-refractivity contribution < 1.29 is 9.53 Å². The molecule has 0 aromatic rings. The van der Waals surface area contributed by atoms with Crippen LogP contribution in [0.2, 0.25) is 0 Å². The van der Waals surface area contributed by atoms with Gasteiger partial charge < -0.3 is 15.8 Å². The Bertz CT molecular complexity index is 249. The third-order valence-corrected chi connectivity index (χ3v) is 3.69. The van der Waals surface area contributed by atoms with Gasteiger partial charge in [-0.3, -0.25) is 4.79 Å². The highest BCUT2D eigenvalue weighted by molar-refractivity contribution is 5.79. The molecule has 2 rings (SSSR count). The van der Waals surface area contributed by atoms with E-state index in [9.17, 15) is 4.79 Å². The Kier molecular flexibility index (Phi) is 3.82. The molecule has 2 aliphatic rings. The van der Waals surface area contributed by atoms with Gasteiger partial charge in [-0.15, -0.1) is 0 Å². The molecule has 1 heterocycles. The maximum Gasteiger partial charge on any atom is 0.225 e. The van der Waals surface area contributed by atoms with E-state index in [1.54, 1.807) is 0 Å². The van der Waals surface area contributed by atoms with Crippen LogP contribution in [0.1, 0.15) is 39.0 Å². The van der Waals surface area contributed by atoms with Crippen molar-refractivity contribution in [1.29, 1.82) is 0 Å². The Hall–Kier alpha value is -0.610. The molecule has 92 valence electrons. The maximum absolute atomic E-state index is 11.9. The summed E-state index contributed by atoms with van der Waals surface area (Å²) >= 11 is 0. The highest BCUT2D eigenvalue weighted by Crippen LogP contribution is 2.21. The second kappa shape index (κ2) is 5.15. The lowest BCUT2D eigenvalue weighted by atomic mass is 9.91. The van der Waals surface area contributed by atoms with Crippen molar-refractivity contribution >= 4 is 5.91 Å². The quantitative estimate of drug-likeness (QED) is 0.732. The standard InChI is InChI=1S/C12H22N2O2/c1-8-6-9(7-16-8)12(15)14-11-4-2-10(13)3-5-11/h8-11H,2-7,13H2,1H3,(H,14,15). The summed E-state index contributed by atoms with van der Waals surface area (Å²) in [5.74, 6) is 0.232. The summed E-state index contributed by atoms with van der Waals surface area (Å²) in [5.41, 5.74) is 5.84. The summed E-state index contributed by atoms with van der Waals surface area (Å²) in [7, 11) is 0. The van der Waals surface area contributed by atoms with E-state index in [0.717, 1.165) is 32.1 Å². The molecular formula is C12H22N2O2. The molecule has 1 saturated heterocycles. The molecular weight excluding hydrogens is 204 g/mol. The highest BCUT2D eigenvalue weighted by atomic mass is 16.5. The summed E-state index contributed by atoms with van der Waals surface area (Å²) in [5, 5.41) is 3.13. The fraction of sp³-hybridized carbons (Fsp3) is 0.917. The van der Waals surface area contributed by atoms with Crippen molar-refractivity contribution in [1.82, 2.24) is 5.32 Å². The Balaban J connectivity index is 1.75. The molecule has 1 saturated carbocycles. The van der Waals surface area contributed by atoms with Crippen LogP contribution >= 0.6 is 0 Å². The minimum absolute atomic E-state index is 0.0607. The van der Waals surface area contributed by atoms with Gasteiger partial charge in [-0.05, 0) is 39.0 Å². The normalized spacial score (nSPS) is 39.6. The summed E-state index contributed by atoms with van der Waals surface area (Å²) in [4.78, 5) is 11.9. The van der Waals surface area contributed by atoms with Crippen LogP contribution in [0.3, 0.4) is 0 Å². The number of carbonyl (C=O) groups excluding carboxylic acids is 1. The van der Waals surface area contributed by atoms with Gasteiger partial charge in [0.05, 0.1) is 18.6 Å². The summed E-state index contributed by atoms with van der Waals surface area (Å²) < 4.78 is 5.41. The van der Waals surface area contributed by atoms with Crippen LogP contribution in [0.15, 0.2) is 0 Å². The lowest BCUT2D eigenvalue weighted by Gasteiger charge is -2.27. The lowest BCUT2D eigenvalue weighted by Crippen LogP contribution is -2.43. The van der Waals surface area contributed by atoms with Gasteiger partial charge in [-0.2, -0.15) is 0 Å². The molecule has 0 bridgehead atoms. The van der Waals surface area contributed by atoms with Crippen LogP contribution < -0.4 is 11.1 Å². The van der Waals surface area contributed by atoms with Gasteiger partial charge in [0, 0.05) is 12.1 Å². The molecule has 1 amide bonds. The van der Waals surface area contributed by atoms with Gasteiger partial charge in [-0.1, -0.05) is 0 Å². The number of amides is 1. The molecule has 0 radical (unpaired) electrons. The first kappa shape index (κ1) is 11.9. The highest BCUT2D eigenvalue weighted by Gasteiger charge is 2.30. The zero-order chi connectivity index (χ0) is 11.5. The second-order valence-electron chi connectivity index (χ2n) is 5.20. The molecule has 4 nitrogen and oxygen atoms in total. The van der Waals surface area contributed by atoms with Crippen LogP contribution in [0.5, 0.6) is 0 Å². The SMILES string of the molecule is CC1CC(C(=O)NC2CCC(N)CC2)CO1. The largest absolute Gasteiger partial charge is 0.378 e. The van der Waals surface area contributed by atoms with E-state index in [-0.39, 0.29) is 17.9 Å². The molecule has 0 spiro atoms. The van der Waals surface area contributed by atoms with Gasteiger partial charge in [-0.25, -0.2) is 0 Å². The Morgan fingerprint density at radius 2 is 2.00 bits per heavy atom. The molecule has 16 heavy (non-hydrogen) atoms. The average molecular weight is 226 g/mol. The molecule has 3 N–H and O–H groups in total. The van der Waals surface area contributed by atoms with Crippen LogP contribution in [-0.4, -0.2) is 30.7 Å². The molecule has 2 unspecified atom stereocenters. The van der Waals surface area contributed by atoms with E-state index >= 15 is 0 Å². The number of hydrogen-bond acceptors (Lipinski definition) is 3. The number of carbonyl (C=O) groups is 1. The zero-order valence-electron chi connectivity index (χ0n) is 9.95. The minimum Gasteiger partial charge on any atom is -0.378 e. The maximum atomic E-state index is 11.9. The molecule has 1 aliphatic carbocycles. The predicted molar refractivity (Wildman–Crippen MR) is 61.9 cm³/mol. The first-order chi connectivity index (χ1) is 7.65. The van der Waals surface area contributed by atoms with Crippen molar-refractivity contribution in [3.63, 3.8) is 0 Å². The molecule has 1 aliphatic heterocycles. The van der Waals surface area contributed by atoms with E-state index in [4.69, 9.17) is 10.5 Å². The van der Waals surface area contributed by atoms with Crippen molar-refractivity contribution in [2.24, 2.45) is 11.7 Å². The van der Waals surface area contributed by atoms with Crippen molar-refractivity contribution in [2.75, 3.05) is 6.61 Å². The van der Waals surface area contributed by atoms with Crippen molar-refractivity contribution in [3.8, 4) is 0 Å². The number of ether oxygens (including phenoxy) is 1. The molecule has 0 aromatic carbocycles. The van der Waals surface area contributed by atoms with E-state index in [0.29, 0.717) is 18.7 Å². The minimum atomic E-state index is 0.0607. The van der Waals surface area contributed by atoms with Gasteiger partial charge >= 0.3 is 0 Å². The smallest absolute Gasteiger partial charge is 0.225 e. The number of nitrogens with one attached hydrogen (secondary N) is 1. The Morgan fingerprint density at radius 3 is 2.56 bits per heavy atom. The van der Waals surface area contributed by atoms with Crippen LogP contribution in [0.4, 0.5) is 0 Å². The van der Waals surface area contributed by atoms with Crippen molar-refractivity contribution in [2.45, 2.75) is 57.2 Å². The molecule has 2 fully saturated rings. The van der Waals surface area contributed by atoms with Crippen LogP contribution in [-0.2, 0) is 9.53 Å². The topological polar surface area (TPSA) is 64.4 Å². The van der Waals surface area contributed by atoms with E-state index in [1.807, 2.05) is 6.92 Å². The van der Waals surface area contributed by atoms with E-state index in [2.05, 4.69) is 5.32 Å². The molecule has 4 heteroatoms. The monoisotopic (exact) mass is 226 g/mol. The third-order valence-electron chi connectivity index (χ3n) is 3.69. The fourth-order valence-electron chi connectivity index (χ4n) is 2.58. The fourth-order valence-corrected chi connectivity index (χ4v) is 2.58. The lowest BCUT2D eigenvalue weighted by molar-refractivity contribution is -0.125. The zero-order valence-corrected chi connectivity index (χ0v) is 9.95. The third kappa shape index (κ3) is 2.95. The summed E-state index contributed by atoms with van der Waals surface area (Å²) in [6.45, 7) is 2.60. The van der Waals surface area contributed by atoms with Gasteiger partial charge in [0.15, 0.2) is 0 Å². The van der Waals surface area contributed by atoms with E-state index < -0.39 is 0 Å². The molecule has 2 atom stereocenters. The summed E-state index contributed by atoms with van der Waals surface area (Å²) in [6.07, 6.45) is 5.20. The van der Waals surface area contributed by atoms with Crippen LogP contribution in [0, 0.1) is 5.92 Å². The number of hydrogen-bond donors (Lipinski definition) is 2. The number of nitrogens with two attached hydrogens (primary N) is 1. The van der Waals surface area contributed by atoms with Crippen molar-refractivity contribution in [3.05, 3.63) is 0 Å². The number of rotatable bonds is 2. The van der Waals surface area contributed by atoms with E-state index in [1.165, 1.54) is 0 Å². The molecule has 0 aromatic heterocycles. The average Bonchev–Trinajstić information content (AvgIpc) is 2.68. The second-order valence-corrected chi connectivity index (χ2v) is 5.20. The Morgan fingerprint density at radius 1 is 1.31 bits per heavy atom. The van der Waals surface area contributed by atoms with Crippen LogP contribution in [0.25, 0.3) is 0 Å².